The first-order chi connectivity index (χ1) is 7.94. The first-order valence-electron chi connectivity index (χ1n) is 5.97. The van der Waals surface area contributed by atoms with Crippen molar-refractivity contribution in [3.63, 3.8) is 0 Å². The second-order valence-electron chi connectivity index (χ2n) is 4.29. The van der Waals surface area contributed by atoms with Gasteiger partial charge in [-0.3, -0.25) is 0 Å². The monoisotopic (exact) mass is 304 g/mol. The van der Waals surface area contributed by atoms with Crippen molar-refractivity contribution in [3.05, 3.63) is 0 Å². The van der Waals surface area contributed by atoms with Crippen LogP contribution >= 0.6 is 0 Å². The summed E-state index contributed by atoms with van der Waals surface area (Å²) in [4.78, 5) is 1.08. The first kappa shape index (κ1) is 20.4. The van der Waals surface area contributed by atoms with Gasteiger partial charge in [0.15, 0.2) is 0 Å². The zero-order chi connectivity index (χ0) is 13.3. The predicted molar refractivity (Wildman–Crippen MR) is 66.4 cm³/mol. The van der Waals surface area contributed by atoms with E-state index in [4.69, 9.17) is 10.2 Å². The number of halogens is 1. The molecule has 0 bridgehead atoms. The summed E-state index contributed by atoms with van der Waals surface area (Å²) in [5.74, 6) is 0. The molecule has 0 unspecified atom stereocenters. The van der Waals surface area contributed by atoms with Crippen molar-refractivity contribution in [1.29, 1.82) is 0 Å². The third-order valence-corrected chi connectivity index (χ3v) is 4.41. The Balaban J connectivity index is 0. The molecule has 0 aliphatic carbocycles. The number of aliphatic hydroxyl groups is 2. The molecule has 0 amide bonds. The molecule has 0 spiro atoms. The number of nitrogens with one attached hydrogen (secondary N) is 2. The Labute approximate surface area is 116 Å². The molecule has 18 heavy (non-hydrogen) atoms. The van der Waals surface area contributed by atoms with E-state index in [-0.39, 0.29) is 25.6 Å². The van der Waals surface area contributed by atoms with Gasteiger partial charge in [-0.1, -0.05) is 0 Å². The third kappa shape index (κ3) is 9.07. The van der Waals surface area contributed by atoms with Gasteiger partial charge in [-0.25, -0.2) is 13.1 Å². The van der Waals surface area contributed by atoms with E-state index in [0.29, 0.717) is 26.1 Å². The SMILES string of the molecule is CC(C)S(=O)(=O)NCCC[NH+](CCO)CCO.[Cl-]. The molecule has 0 aromatic rings. The van der Waals surface area contributed by atoms with Crippen molar-refractivity contribution in [1.82, 2.24) is 4.72 Å². The lowest BCUT2D eigenvalue weighted by Gasteiger charge is -2.17. The molecule has 0 heterocycles. The van der Waals surface area contributed by atoms with Crippen LogP contribution in [0, 0.1) is 0 Å². The average molecular weight is 305 g/mol. The Kier molecular flexibility index (Phi) is 12.4. The molecule has 8 heteroatoms. The van der Waals surface area contributed by atoms with Crippen LogP contribution in [0.15, 0.2) is 0 Å². The van der Waals surface area contributed by atoms with Crippen molar-refractivity contribution in [2.45, 2.75) is 25.5 Å². The van der Waals surface area contributed by atoms with E-state index in [2.05, 4.69) is 4.72 Å². The summed E-state index contributed by atoms with van der Waals surface area (Å²) in [6.07, 6.45) is 0.696. The Morgan fingerprint density at radius 3 is 2.00 bits per heavy atom. The minimum absolute atomic E-state index is 0. The van der Waals surface area contributed by atoms with Crippen molar-refractivity contribution in [2.75, 3.05) is 39.4 Å². The molecular formula is C10H25ClN2O4S. The zero-order valence-electron chi connectivity index (χ0n) is 11.0. The fourth-order valence-electron chi connectivity index (χ4n) is 1.41. The minimum Gasteiger partial charge on any atom is -1.00 e. The lowest BCUT2D eigenvalue weighted by Crippen LogP contribution is -3.13. The summed E-state index contributed by atoms with van der Waals surface area (Å²) >= 11 is 0. The summed E-state index contributed by atoms with van der Waals surface area (Å²) in [5.41, 5.74) is 0. The van der Waals surface area contributed by atoms with E-state index in [1.165, 1.54) is 0 Å². The molecule has 0 saturated heterocycles. The van der Waals surface area contributed by atoms with E-state index >= 15 is 0 Å². The Morgan fingerprint density at radius 1 is 1.11 bits per heavy atom. The summed E-state index contributed by atoms with van der Waals surface area (Å²) < 4.78 is 25.4. The summed E-state index contributed by atoms with van der Waals surface area (Å²) in [6, 6.07) is 0. The van der Waals surface area contributed by atoms with Gasteiger partial charge < -0.3 is 27.5 Å². The first-order valence-corrected chi connectivity index (χ1v) is 7.52. The van der Waals surface area contributed by atoms with E-state index in [1.54, 1.807) is 13.8 Å². The predicted octanol–water partition coefficient (Wildman–Crippen LogP) is -5.42. The Bertz CT molecular complexity index is 280. The lowest BCUT2D eigenvalue weighted by atomic mass is 10.3. The van der Waals surface area contributed by atoms with Crippen molar-refractivity contribution < 1.29 is 35.9 Å². The topological polar surface area (TPSA) is 91.1 Å². The zero-order valence-corrected chi connectivity index (χ0v) is 12.6. The summed E-state index contributed by atoms with van der Waals surface area (Å²) in [5, 5.41) is 17.2. The maximum atomic E-state index is 11.4. The largest absolute Gasteiger partial charge is 1.00 e. The molecule has 0 atom stereocenters. The van der Waals surface area contributed by atoms with E-state index in [0.717, 1.165) is 11.4 Å². The molecule has 0 radical (unpaired) electrons. The highest BCUT2D eigenvalue weighted by Crippen LogP contribution is 1.94. The number of rotatable bonds is 10. The van der Waals surface area contributed by atoms with Gasteiger partial charge >= 0.3 is 0 Å². The second kappa shape index (κ2) is 11.0. The quantitative estimate of drug-likeness (QED) is 0.303. The van der Waals surface area contributed by atoms with Crippen LogP contribution in [0.4, 0.5) is 0 Å². The number of aliphatic hydroxyl groups excluding tert-OH is 2. The van der Waals surface area contributed by atoms with Gasteiger partial charge in [-0.15, -0.1) is 0 Å². The molecule has 112 valence electrons. The molecule has 6 nitrogen and oxygen atoms in total. The van der Waals surface area contributed by atoms with Gasteiger partial charge in [-0.05, 0) is 13.8 Å². The highest BCUT2D eigenvalue weighted by Gasteiger charge is 2.15. The van der Waals surface area contributed by atoms with Gasteiger partial charge in [0.05, 0.1) is 25.0 Å². The van der Waals surface area contributed by atoms with Gasteiger partial charge in [0.2, 0.25) is 10.0 Å². The second-order valence-corrected chi connectivity index (χ2v) is 6.61. The van der Waals surface area contributed by atoms with Crippen molar-refractivity contribution >= 4 is 10.0 Å². The normalized spacial score (nSPS) is 11.9. The van der Waals surface area contributed by atoms with Gasteiger partial charge in [0.1, 0.15) is 13.1 Å². The van der Waals surface area contributed by atoms with E-state index < -0.39 is 15.3 Å². The van der Waals surface area contributed by atoms with Crippen LogP contribution in [0.25, 0.3) is 0 Å². The van der Waals surface area contributed by atoms with E-state index in [9.17, 15) is 8.42 Å². The minimum atomic E-state index is -3.18. The van der Waals surface area contributed by atoms with Crippen LogP contribution in [0.3, 0.4) is 0 Å². The molecule has 0 aliphatic rings. The molecule has 0 saturated carbocycles. The fourth-order valence-corrected chi connectivity index (χ4v) is 2.17. The molecule has 0 aromatic carbocycles. The van der Waals surface area contributed by atoms with Gasteiger partial charge in [-0.2, -0.15) is 0 Å². The summed E-state index contributed by atoms with van der Waals surface area (Å²) in [6.45, 7) is 5.73. The van der Waals surface area contributed by atoms with Crippen molar-refractivity contribution in [3.8, 4) is 0 Å². The van der Waals surface area contributed by atoms with Crippen LogP contribution in [0.2, 0.25) is 0 Å². The fraction of sp³-hybridized carbons (Fsp3) is 1.00. The van der Waals surface area contributed by atoms with Gasteiger partial charge in [0.25, 0.3) is 0 Å². The van der Waals surface area contributed by atoms with Crippen LogP contribution in [0.5, 0.6) is 0 Å². The van der Waals surface area contributed by atoms with Crippen molar-refractivity contribution in [2.24, 2.45) is 0 Å². The molecule has 0 fully saturated rings. The highest BCUT2D eigenvalue weighted by molar-refractivity contribution is 7.90. The van der Waals surface area contributed by atoms with Crippen LogP contribution in [-0.2, 0) is 10.0 Å². The molecular weight excluding hydrogens is 280 g/mol. The van der Waals surface area contributed by atoms with Crippen LogP contribution in [0.1, 0.15) is 20.3 Å². The Morgan fingerprint density at radius 2 is 1.61 bits per heavy atom. The molecule has 0 rings (SSSR count). The maximum Gasteiger partial charge on any atom is 0.213 e. The summed E-state index contributed by atoms with van der Waals surface area (Å²) in [7, 11) is -3.18. The van der Waals surface area contributed by atoms with Crippen LogP contribution in [-0.4, -0.2) is 63.3 Å². The van der Waals surface area contributed by atoms with E-state index in [1.807, 2.05) is 0 Å². The van der Waals surface area contributed by atoms with Crippen LogP contribution < -0.4 is 22.0 Å². The Hall–Kier alpha value is 0.0800. The smallest absolute Gasteiger partial charge is 0.213 e. The molecule has 0 aromatic heterocycles. The molecule has 4 N–H and O–H groups in total. The standard InChI is InChI=1S/C10H24N2O4S.ClH/c1-10(2)17(15,16)11-4-3-5-12(6-8-13)7-9-14;/h10-11,13-14H,3-9H2,1-2H3;1H. The number of sulfonamides is 1. The number of hydrogen-bond acceptors (Lipinski definition) is 4. The molecule has 0 aliphatic heterocycles. The third-order valence-electron chi connectivity index (χ3n) is 2.56. The van der Waals surface area contributed by atoms with Gasteiger partial charge in [0, 0.05) is 13.0 Å². The number of quaternary nitrogens is 1. The lowest BCUT2D eigenvalue weighted by molar-refractivity contribution is -0.900. The average Bonchev–Trinajstić information content (AvgIpc) is 2.24. The highest BCUT2D eigenvalue weighted by atomic mass is 35.5. The maximum absolute atomic E-state index is 11.4. The number of hydrogen-bond donors (Lipinski definition) is 4.